The summed E-state index contributed by atoms with van der Waals surface area (Å²) >= 11 is 0. The van der Waals surface area contributed by atoms with Gasteiger partial charge < -0.3 is 15.3 Å². The Morgan fingerprint density at radius 1 is 1.33 bits per heavy atom. The van der Waals surface area contributed by atoms with Gasteiger partial charge in [-0.05, 0) is 37.0 Å². The number of anilines is 1. The summed E-state index contributed by atoms with van der Waals surface area (Å²) in [4.78, 5) is 28.0. The molecule has 1 aliphatic carbocycles. The van der Waals surface area contributed by atoms with Crippen molar-refractivity contribution in [1.29, 1.82) is 0 Å². The molecule has 1 unspecified atom stereocenters. The van der Waals surface area contributed by atoms with Gasteiger partial charge in [0.2, 0.25) is 6.41 Å². The molecule has 1 aliphatic rings. The lowest BCUT2D eigenvalue weighted by Gasteiger charge is -2.24. The minimum atomic E-state index is -0.126. The summed E-state index contributed by atoms with van der Waals surface area (Å²) in [6.07, 6.45) is 1.82. The Morgan fingerprint density at radius 3 is 2.58 bits per heavy atom. The number of nitrogens with zero attached hydrogens (tertiary/aromatic N) is 1. The van der Waals surface area contributed by atoms with E-state index in [0.29, 0.717) is 49.3 Å². The summed E-state index contributed by atoms with van der Waals surface area (Å²) in [7, 11) is 0. The first kappa shape index (κ1) is 17.7. The van der Waals surface area contributed by atoms with Crippen LogP contribution in [-0.2, 0) is 14.4 Å². The molecule has 0 spiro atoms. The van der Waals surface area contributed by atoms with Gasteiger partial charge in [0.05, 0.1) is 11.3 Å². The summed E-state index contributed by atoms with van der Waals surface area (Å²) < 4.78 is 0. The Labute approximate surface area is 141 Å². The smallest absolute Gasteiger partial charge is 0.211 e. The van der Waals surface area contributed by atoms with Crippen LogP contribution in [0.15, 0.2) is 40.8 Å². The van der Waals surface area contributed by atoms with Gasteiger partial charge in [0.1, 0.15) is 12.4 Å². The van der Waals surface area contributed by atoms with Gasteiger partial charge in [0.25, 0.3) is 0 Å². The molecule has 6 nitrogen and oxygen atoms in total. The molecule has 0 fully saturated rings. The molecule has 0 heterocycles. The van der Waals surface area contributed by atoms with Crippen LogP contribution in [0.25, 0.3) is 0 Å². The number of Topliss-reactive ketones (excluding diaryl/α,β-unsaturated/α-hetero) is 1. The monoisotopic (exact) mass is 330 g/mol. The molecule has 128 valence electrons. The van der Waals surface area contributed by atoms with Gasteiger partial charge in [-0.2, -0.15) is 0 Å². The van der Waals surface area contributed by atoms with Crippen LogP contribution in [-0.4, -0.2) is 29.6 Å². The maximum Gasteiger partial charge on any atom is 0.211 e. The molecule has 1 aromatic carbocycles. The van der Waals surface area contributed by atoms with Crippen LogP contribution < -0.4 is 5.32 Å². The normalized spacial score (nSPS) is 18.5. The zero-order chi connectivity index (χ0) is 17.5. The van der Waals surface area contributed by atoms with Crippen LogP contribution in [0, 0.1) is 0 Å². The van der Waals surface area contributed by atoms with Crippen molar-refractivity contribution in [2.75, 3.05) is 11.9 Å². The second-order valence-electron chi connectivity index (χ2n) is 5.54. The molecule has 6 heteroatoms. The number of hydrogen-bond acceptors (Lipinski definition) is 5. The van der Waals surface area contributed by atoms with Crippen molar-refractivity contribution in [1.82, 2.24) is 0 Å². The van der Waals surface area contributed by atoms with E-state index in [1.807, 2.05) is 26.0 Å². The van der Waals surface area contributed by atoms with Crippen LogP contribution in [0.5, 0.6) is 0 Å². The minimum Gasteiger partial charge on any atom is -0.511 e. The number of amides is 1. The van der Waals surface area contributed by atoms with Crippen molar-refractivity contribution in [3.8, 4) is 0 Å². The standard InChI is InChI=1S/C18H22N2O4/c1-3-15(20-24-4-2)18-16(22)9-13(10-17(18)23)12-5-7-14(8-6-12)19-11-21/h5-8,11,13,22H,3-4,9-10H2,1-2H3,(H,19,21)/b20-15-. The van der Waals surface area contributed by atoms with Crippen molar-refractivity contribution < 1.29 is 19.5 Å². The lowest BCUT2D eigenvalue weighted by Crippen LogP contribution is -2.23. The number of rotatable bonds is 7. The molecule has 0 aromatic heterocycles. The van der Waals surface area contributed by atoms with Crippen LogP contribution in [0.2, 0.25) is 0 Å². The number of aliphatic hydroxyl groups excluding tert-OH is 1. The fourth-order valence-corrected chi connectivity index (χ4v) is 2.81. The minimum absolute atomic E-state index is 0.0617. The third-order valence-electron chi connectivity index (χ3n) is 3.97. The Balaban J connectivity index is 2.22. The first-order valence-electron chi connectivity index (χ1n) is 8.05. The predicted octanol–water partition coefficient (Wildman–Crippen LogP) is 3.32. The van der Waals surface area contributed by atoms with Crippen LogP contribution in [0.4, 0.5) is 5.69 Å². The number of oxime groups is 1. The molecular weight excluding hydrogens is 308 g/mol. The van der Waals surface area contributed by atoms with Gasteiger partial charge in [0, 0.05) is 18.5 Å². The van der Waals surface area contributed by atoms with Gasteiger partial charge in [-0.1, -0.05) is 24.2 Å². The second-order valence-corrected chi connectivity index (χ2v) is 5.54. The molecule has 2 rings (SSSR count). The Hall–Kier alpha value is -2.63. The molecule has 2 N–H and O–H groups in total. The van der Waals surface area contributed by atoms with Gasteiger partial charge in [-0.25, -0.2) is 0 Å². The van der Waals surface area contributed by atoms with Crippen molar-refractivity contribution >= 4 is 23.6 Å². The van der Waals surface area contributed by atoms with Gasteiger partial charge in [-0.3, -0.25) is 9.59 Å². The number of benzene rings is 1. The number of carbonyl (C=O) groups excluding carboxylic acids is 2. The maximum absolute atomic E-state index is 12.5. The fraction of sp³-hybridized carbons (Fsp3) is 0.389. The van der Waals surface area contributed by atoms with E-state index in [9.17, 15) is 14.7 Å². The van der Waals surface area contributed by atoms with Gasteiger partial charge in [0.15, 0.2) is 5.78 Å². The Morgan fingerprint density at radius 2 is 2.04 bits per heavy atom. The molecule has 0 bridgehead atoms. The third-order valence-corrected chi connectivity index (χ3v) is 3.97. The van der Waals surface area contributed by atoms with Gasteiger partial charge >= 0.3 is 0 Å². The van der Waals surface area contributed by atoms with Crippen LogP contribution in [0.3, 0.4) is 0 Å². The summed E-state index contributed by atoms with van der Waals surface area (Å²) in [5.74, 6) is -0.150. The maximum atomic E-state index is 12.5. The predicted molar refractivity (Wildman–Crippen MR) is 92.1 cm³/mol. The number of hydrogen-bond donors (Lipinski definition) is 2. The number of nitrogens with one attached hydrogen (secondary N) is 1. The van der Waals surface area contributed by atoms with E-state index in [-0.39, 0.29) is 17.5 Å². The Kier molecular flexibility index (Phi) is 6.12. The highest BCUT2D eigenvalue weighted by molar-refractivity contribution is 6.23. The van der Waals surface area contributed by atoms with E-state index in [1.165, 1.54) is 0 Å². The first-order chi connectivity index (χ1) is 11.6. The molecule has 0 aliphatic heterocycles. The number of carbonyl (C=O) groups is 2. The van der Waals surface area contributed by atoms with Crippen molar-refractivity contribution in [2.45, 2.75) is 39.0 Å². The molecule has 1 amide bonds. The molecule has 0 saturated heterocycles. The lowest BCUT2D eigenvalue weighted by molar-refractivity contribution is -0.116. The highest BCUT2D eigenvalue weighted by atomic mass is 16.6. The number of aliphatic hydroxyl groups is 1. The van der Waals surface area contributed by atoms with Crippen molar-refractivity contribution in [3.05, 3.63) is 41.2 Å². The largest absolute Gasteiger partial charge is 0.511 e. The molecule has 0 saturated carbocycles. The van der Waals surface area contributed by atoms with E-state index in [0.717, 1.165) is 5.56 Å². The van der Waals surface area contributed by atoms with Gasteiger partial charge in [-0.15, -0.1) is 0 Å². The van der Waals surface area contributed by atoms with E-state index >= 15 is 0 Å². The van der Waals surface area contributed by atoms with E-state index in [1.54, 1.807) is 12.1 Å². The quantitative estimate of drug-likeness (QED) is 0.456. The van der Waals surface area contributed by atoms with Crippen LogP contribution in [0.1, 0.15) is 44.6 Å². The summed E-state index contributed by atoms with van der Waals surface area (Å²) in [6.45, 7) is 4.10. The first-order valence-corrected chi connectivity index (χ1v) is 8.05. The zero-order valence-electron chi connectivity index (χ0n) is 13.9. The van der Waals surface area contributed by atoms with E-state index in [4.69, 9.17) is 4.84 Å². The SMILES string of the molecule is CCO/N=C(/CC)C1=C(O)CC(c2ccc(NC=O)cc2)CC1=O. The second kappa shape index (κ2) is 8.29. The van der Waals surface area contributed by atoms with E-state index in [2.05, 4.69) is 10.5 Å². The van der Waals surface area contributed by atoms with Crippen molar-refractivity contribution in [2.24, 2.45) is 5.16 Å². The third kappa shape index (κ3) is 4.01. The Bertz CT molecular complexity index is 662. The fourth-order valence-electron chi connectivity index (χ4n) is 2.81. The molecule has 1 aromatic rings. The molecule has 0 radical (unpaired) electrons. The lowest BCUT2D eigenvalue weighted by atomic mass is 9.81. The summed E-state index contributed by atoms with van der Waals surface area (Å²) in [5, 5.41) is 16.9. The molecular formula is C18H22N2O4. The topological polar surface area (TPSA) is 88.0 Å². The van der Waals surface area contributed by atoms with E-state index < -0.39 is 0 Å². The highest BCUT2D eigenvalue weighted by Crippen LogP contribution is 2.34. The summed E-state index contributed by atoms with van der Waals surface area (Å²) in [5.41, 5.74) is 2.42. The molecule has 1 atom stereocenters. The highest BCUT2D eigenvalue weighted by Gasteiger charge is 2.31. The number of allylic oxidation sites excluding steroid dienone is 2. The van der Waals surface area contributed by atoms with Crippen molar-refractivity contribution in [3.63, 3.8) is 0 Å². The zero-order valence-corrected chi connectivity index (χ0v) is 13.9. The molecule has 24 heavy (non-hydrogen) atoms. The average molecular weight is 330 g/mol. The number of ketones is 1. The average Bonchev–Trinajstić information content (AvgIpc) is 2.58. The van der Waals surface area contributed by atoms with Crippen LogP contribution >= 0.6 is 0 Å². The summed E-state index contributed by atoms with van der Waals surface area (Å²) in [6, 6.07) is 7.27.